The molecule has 1 rings (SSSR count). The fourth-order valence-corrected chi connectivity index (χ4v) is 2.22. The monoisotopic (exact) mass is 315 g/mol. The molecule has 0 heterocycles. The van der Waals surface area contributed by atoms with E-state index in [2.05, 4.69) is 0 Å². The normalized spacial score (nSPS) is 15.0. The Morgan fingerprint density at radius 3 is 1.91 bits per heavy atom. The van der Waals surface area contributed by atoms with Gasteiger partial charge in [0.1, 0.15) is 18.4 Å². The number of phenols is 1. The minimum absolute atomic E-state index is 0.0311. The first kappa shape index (κ1) is 18.8. The number of nitrogens with two attached hydrogens (primary N) is 1. The summed E-state index contributed by atoms with van der Waals surface area (Å²) in [4.78, 5) is 0. The van der Waals surface area contributed by atoms with E-state index >= 15 is 0 Å². The van der Waals surface area contributed by atoms with E-state index < -0.39 is 24.0 Å². The number of halogens is 2. The maximum atomic E-state index is 13.8. The second-order valence-corrected chi connectivity index (χ2v) is 7.86. The number of hydrogen-bond donors (Lipinski definition) is 3. The van der Waals surface area contributed by atoms with Crippen molar-refractivity contribution in [3.63, 3.8) is 0 Å². The van der Waals surface area contributed by atoms with Gasteiger partial charge in [0.2, 0.25) is 0 Å². The van der Waals surface area contributed by atoms with Crippen molar-refractivity contribution in [3.05, 3.63) is 28.8 Å². The number of aromatic hydroxyl groups is 1. The third-order valence-electron chi connectivity index (χ3n) is 3.81. The number of rotatable bonds is 3. The molecule has 1 aromatic carbocycles. The molecular weight excluding hydrogens is 288 g/mol. The van der Waals surface area contributed by atoms with Gasteiger partial charge in [-0.3, -0.25) is 0 Å². The first-order valence-corrected chi connectivity index (χ1v) is 7.34. The predicted octanol–water partition coefficient (Wildman–Crippen LogP) is 3.61. The van der Waals surface area contributed by atoms with Crippen LogP contribution in [0.5, 0.6) is 5.75 Å². The lowest BCUT2D eigenvalue weighted by Crippen LogP contribution is -2.36. The van der Waals surface area contributed by atoms with Crippen LogP contribution in [0.25, 0.3) is 0 Å². The second-order valence-electron chi connectivity index (χ2n) is 7.86. The van der Waals surface area contributed by atoms with Crippen LogP contribution in [0.2, 0.25) is 0 Å². The Kier molecular flexibility index (Phi) is 4.95. The molecule has 0 aromatic heterocycles. The van der Waals surface area contributed by atoms with Gasteiger partial charge < -0.3 is 15.9 Å². The molecule has 0 fully saturated rings. The van der Waals surface area contributed by atoms with Crippen molar-refractivity contribution in [2.24, 2.45) is 5.73 Å². The van der Waals surface area contributed by atoms with Gasteiger partial charge in [-0.2, -0.15) is 0 Å². The molecule has 3 nitrogen and oxygen atoms in total. The van der Waals surface area contributed by atoms with Gasteiger partial charge in [-0.25, -0.2) is 8.78 Å². The van der Waals surface area contributed by atoms with Crippen molar-refractivity contribution in [2.45, 2.75) is 64.3 Å². The van der Waals surface area contributed by atoms with Gasteiger partial charge in [-0.15, -0.1) is 0 Å². The Morgan fingerprint density at radius 2 is 1.55 bits per heavy atom. The zero-order valence-corrected chi connectivity index (χ0v) is 14.2. The van der Waals surface area contributed by atoms with Crippen molar-refractivity contribution in [2.75, 3.05) is 6.61 Å². The number of aliphatic hydroxyl groups is 1. The molecule has 0 bridgehead atoms. The molecule has 0 saturated heterocycles. The van der Waals surface area contributed by atoms with Gasteiger partial charge >= 0.3 is 0 Å². The summed E-state index contributed by atoms with van der Waals surface area (Å²) in [5.41, 5.74) is 6.29. The lowest BCUT2D eigenvalue weighted by atomic mass is 9.77. The Balaban J connectivity index is 3.64. The molecule has 22 heavy (non-hydrogen) atoms. The minimum atomic E-state index is -3.50. The maximum absolute atomic E-state index is 13.8. The van der Waals surface area contributed by atoms with Crippen LogP contribution in [0.1, 0.15) is 64.3 Å². The third kappa shape index (κ3) is 3.76. The molecule has 5 heteroatoms. The summed E-state index contributed by atoms with van der Waals surface area (Å²) in [6.07, 6.45) is 0. The summed E-state index contributed by atoms with van der Waals surface area (Å²) >= 11 is 0. The van der Waals surface area contributed by atoms with Gasteiger partial charge in [0.25, 0.3) is 5.92 Å². The van der Waals surface area contributed by atoms with E-state index in [1.165, 1.54) is 6.07 Å². The van der Waals surface area contributed by atoms with Crippen LogP contribution in [0.3, 0.4) is 0 Å². The third-order valence-corrected chi connectivity index (χ3v) is 3.81. The second kappa shape index (κ2) is 5.78. The highest BCUT2D eigenvalue weighted by molar-refractivity contribution is 5.50. The number of alkyl halides is 2. The van der Waals surface area contributed by atoms with Crippen LogP contribution in [-0.4, -0.2) is 22.7 Å². The van der Waals surface area contributed by atoms with E-state index in [1.54, 1.807) is 0 Å². The molecule has 0 aliphatic carbocycles. The highest BCUT2D eigenvalue weighted by Crippen LogP contribution is 2.42. The molecule has 0 saturated carbocycles. The van der Waals surface area contributed by atoms with Crippen molar-refractivity contribution in [1.29, 1.82) is 0 Å². The molecule has 4 N–H and O–H groups in total. The quantitative estimate of drug-likeness (QED) is 0.798. The summed E-state index contributed by atoms with van der Waals surface area (Å²) in [5, 5.41) is 19.3. The van der Waals surface area contributed by atoms with Crippen LogP contribution in [0, 0.1) is 0 Å². The average Bonchev–Trinajstić information content (AvgIpc) is 2.35. The molecule has 0 spiro atoms. The summed E-state index contributed by atoms with van der Waals surface area (Å²) in [7, 11) is 0. The summed E-state index contributed by atoms with van der Waals surface area (Å²) in [5.74, 6) is -3.72. The highest BCUT2D eigenvalue weighted by Gasteiger charge is 2.40. The number of hydrogen-bond acceptors (Lipinski definition) is 3. The first-order chi connectivity index (χ1) is 9.71. The molecular formula is C17H27F2NO2. The summed E-state index contributed by atoms with van der Waals surface area (Å²) in [6, 6.07) is 1.59. The number of aliphatic hydroxyl groups excluding tert-OH is 1. The smallest absolute Gasteiger partial charge is 0.289 e. The SMILES string of the molecule is CC(C)(C)c1cc([C@@H](N)C(F)(F)CO)c(O)c(C(C)(C)C)c1. The van der Waals surface area contributed by atoms with Crippen LogP contribution < -0.4 is 5.73 Å². The van der Waals surface area contributed by atoms with E-state index in [0.717, 1.165) is 5.56 Å². The molecule has 0 aliphatic heterocycles. The lowest BCUT2D eigenvalue weighted by molar-refractivity contribution is -0.0716. The van der Waals surface area contributed by atoms with E-state index in [1.807, 2.05) is 47.6 Å². The zero-order valence-electron chi connectivity index (χ0n) is 14.2. The van der Waals surface area contributed by atoms with Crippen molar-refractivity contribution in [3.8, 4) is 5.75 Å². The maximum Gasteiger partial charge on any atom is 0.289 e. The summed E-state index contributed by atoms with van der Waals surface area (Å²) < 4.78 is 27.6. The van der Waals surface area contributed by atoms with Gasteiger partial charge in [-0.1, -0.05) is 47.6 Å². The van der Waals surface area contributed by atoms with E-state index in [4.69, 9.17) is 10.8 Å². The fourth-order valence-electron chi connectivity index (χ4n) is 2.22. The number of phenolic OH excluding ortho intramolecular Hbond substituents is 1. The summed E-state index contributed by atoms with van der Waals surface area (Å²) in [6.45, 7) is 10.2. The van der Waals surface area contributed by atoms with Gasteiger partial charge in [0, 0.05) is 5.56 Å². The van der Waals surface area contributed by atoms with Crippen LogP contribution in [-0.2, 0) is 10.8 Å². The minimum Gasteiger partial charge on any atom is -0.507 e. The van der Waals surface area contributed by atoms with Gasteiger partial charge in [0.05, 0.1) is 0 Å². The molecule has 0 amide bonds. The van der Waals surface area contributed by atoms with Crippen molar-refractivity contribution in [1.82, 2.24) is 0 Å². The predicted molar refractivity (Wildman–Crippen MR) is 84.5 cm³/mol. The molecule has 0 unspecified atom stereocenters. The molecule has 126 valence electrons. The highest BCUT2D eigenvalue weighted by atomic mass is 19.3. The Labute approximate surface area is 131 Å². The lowest BCUT2D eigenvalue weighted by Gasteiger charge is -2.30. The Hall–Kier alpha value is -1.20. The zero-order chi connectivity index (χ0) is 17.5. The number of benzene rings is 1. The van der Waals surface area contributed by atoms with Crippen LogP contribution in [0.4, 0.5) is 8.78 Å². The largest absolute Gasteiger partial charge is 0.507 e. The topological polar surface area (TPSA) is 66.5 Å². The van der Waals surface area contributed by atoms with E-state index in [9.17, 15) is 13.9 Å². The fraction of sp³-hybridized carbons (Fsp3) is 0.647. The van der Waals surface area contributed by atoms with Crippen molar-refractivity contribution < 1.29 is 19.0 Å². The van der Waals surface area contributed by atoms with Crippen LogP contribution >= 0.6 is 0 Å². The molecule has 1 aromatic rings. The van der Waals surface area contributed by atoms with E-state index in [0.29, 0.717) is 5.56 Å². The van der Waals surface area contributed by atoms with Crippen LogP contribution in [0.15, 0.2) is 12.1 Å². The Bertz CT molecular complexity index is 543. The first-order valence-electron chi connectivity index (χ1n) is 7.34. The van der Waals surface area contributed by atoms with Gasteiger partial charge in [0.15, 0.2) is 0 Å². The van der Waals surface area contributed by atoms with Gasteiger partial charge in [-0.05, 0) is 28.0 Å². The molecule has 0 aliphatic rings. The van der Waals surface area contributed by atoms with Crippen molar-refractivity contribution >= 4 is 0 Å². The average molecular weight is 315 g/mol. The standard InChI is InChI=1S/C17H27F2NO2/c1-15(2,3)10-7-11(14(20)17(18,19)9-21)13(22)12(8-10)16(4,5)6/h7-8,14,21-22H,9,20H2,1-6H3/t14-/m1/s1. The van der Waals surface area contributed by atoms with E-state index in [-0.39, 0.29) is 16.7 Å². The Morgan fingerprint density at radius 1 is 1.05 bits per heavy atom. The molecule has 1 atom stereocenters. The molecule has 0 radical (unpaired) electrons.